The molecule has 0 saturated heterocycles. The summed E-state index contributed by atoms with van der Waals surface area (Å²) in [7, 11) is 0. The number of hydrogen-bond donors (Lipinski definition) is 3. The Labute approximate surface area is 138 Å². The molecule has 1 aromatic carbocycles. The number of benzene rings is 1. The van der Waals surface area contributed by atoms with Crippen LogP contribution in [0.1, 0.15) is 5.56 Å². The number of phenolic OH excluding ortho intramolecular Hbond substituents is 2. The number of nitrogens with one attached hydrogen (secondary N) is 1. The third-order valence-corrected chi connectivity index (χ3v) is 3.12. The summed E-state index contributed by atoms with van der Waals surface area (Å²) in [5.74, 6) is -0.421. The first-order chi connectivity index (χ1) is 11.6. The van der Waals surface area contributed by atoms with Crippen molar-refractivity contribution in [3.63, 3.8) is 0 Å². The molecule has 0 aliphatic carbocycles. The van der Waals surface area contributed by atoms with Gasteiger partial charge in [0.1, 0.15) is 0 Å². The number of nitrogens with zero attached hydrogens (tertiary/aromatic N) is 2. The minimum absolute atomic E-state index is 0.202. The van der Waals surface area contributed by atoms with Gasteiger partial charge in [-0.2, -0.15) is 0 Å². The zero-order chi connectivity index (χ0) is 17.4. The van der Waals surface area contributed by atoms with Gasteiger partial charge in [-0.05, 0) is 36.2 Å². The van der Waals surface area contributed by atoms with E-state index in [9.17, 15) is 19.8 Å². The molecule has 3 N–H and O–H groups in total. The van der Waals surface area contributed by atoms with Crippen LogP contribution in [-0.2, 0) is 16.0 Å². The maximum absolute atomic E-state index is 11.6. The van der Waals surface area contributed by atoms with E-state index in [1.54, 1.807) is 30.8 Å². The Bertz CT molecular complexity index is 693. The molecule has 8 heteroatoms. The summed E-state index contributed by atoms with van der Waals surface area (Å²) in [5.41, 5.74) is 1.20. The number of anilines is 1. The molecule has 1 radical (unpaired) electrons. The SMILES string of the molecule is O=[C]N(COC(=O)NCCc1ccc(O)c(O)c1)c1cccnc1. The standard InChI is InChI=1S/C16H16N3O5/c20-10-19(13-2-1-6-17-9-13)11-24-16(23)18-7-5-12-3-4-14(21)15(22)8-12/h1-4,6,8-9,21-22H,5,7,11H2,(H,18,23). The molecule has 0 bridgehead atoms. The molecule has 0 saturated carbocycles. The van der Waals surface area contributed by atoms with Gasteiger partial charge in [-0.15, -0.1) is 0 Å². The predicted molar refractivity (Wildman–Crippen MR) is 85.2 cm³/mol. The van der Waals surface area contributed by atoms with E-state index < -0.39 is 6.09 Å². The maximum Gasteiger partial charge on any atom is 0.408 e. The minimum atomic E-state index is -0.692. The molecule has 0 atom stereocenters. The van der Waals surface area contributed by atoms with Gasteiger partial charge in [-0.3, -0.25) is 14.7 Å². The topological polar surface area (TPSA) is 112 Å². The van der Waals surface area contributed by atoms with Crippen LogP contribution in [0.4, 0.5) is 10.5 Å². The second-order valence-electron chi connectivity index (χ2n) is 4.79. The molecule has 2 rings (SSSR count). The number of rotatable bonds is 7. The van der Waals surface area contributed by atoms with Gasteiger partial charge < -0.3 is 20.3 Å². The van der Waals surface area contributed by atoms with E-state index in [0.29, 0.717) is 12.1 Å². The lowest BCUT2D eigenvalue weighted by Crippen LogP contribution is -2.32. The third-order valence-electron chi connectivity index (χ3n) is 3.12. The van der Waals surface area contributed by atoms with Gasteiger partial charge in [-0.25, -0.2) is 4.79 Å². The maximum atomic E-state index is 11.6. The minimum Gasteiger partial charge on any atom is -0.504 e. The Balaban J connectivity index is 1.74. The van der Waals surface area contributed by atoms with Crippen molar-refractivity contribution in [2.24, 2.45) is 0 Å². The summed E-state index contributed by atoms with van der Waals surface area (Å²) >= 11 is 0. The average Bonchev–Trinajstić information content (AvgIpc) is 2.59. The van der Waals surface area contributed by atoms with Gasteiger partial charge in [0.15, 0.2) is 18.2 Å². The highest BCUT2D eigenvalue weighted by Gasteiger charge is 2.09. The Hall–Kier alpha value is -3.29. The van der Waals surface area contributed by atoms with E-state index in [-0.39, 0.29) is 24.8 Å². The molecule has 2 aromatic rings. The number of alkyl carbamates (subject to hydrolysis) is 1. The van der Waals surface area contributed by atoms with E-state index in [4.69, 9.17) is 4.74 Å². The lowest BCUT2D eigenvalue weighted by atomic mass is 10.1. The summed E-state index contributed by atoms with van der Waals surface area (Å²) in [4.78, 5) is 27.4. The number of carbonyl (C=O) groups is 1. The lowest BCUT2D eigenvalue weighted by molar-refractivity contribution is 0.149. The Morgan fingerprint density at radius 1 is 1.29 bits per heavy atom. The van der Waals surface area contributed by atoms with Gasteiger partial charge in [0, 0.05) is 12.7 Å². The van der Waals surface area contributed by atoms with E-state index in [0.717, 1.165) is 10.5 Å². The number of aromatic hydroxyl groups is 2. The van der Waals surface area contributed by atoms with Crippen LogP contribution in [0.15, 0.2) is 42.7 Å². The summed E-state index contributed by atoms with van der Waals surface area (Å²) in [5, 5.41) is 21.1. The fraction of sp³-hybridized carbons (Fsp3) is 0.188. The number of phenols is 2. The van der Waals surface area contributed by atoms with Crippen molar-refractivity contribution < 1.29 is 24.5 Å². The van der Waals surface area contributed by atoms with Crippen molar-refractivity contribution >= 4 is 18.2 Å². The van der Waals surface area contributed by atoms with Crippen LogP contribution in [0.2, 0.25) is 0 Å². The summed E-state index contributed by atoms with van der Waals surface area (Å²) in [6, 6.07) is 7.69. The molecular formula is C16H16N3O5. The van der Waals surface area contributed by atoms with Gasteiger partial charge in [-0.1, -0.05) is 6.07 Å². The van der Waals surface area contributed by atoms with Crippen LogP contribution in [0.3, 0.4) is 0 Å². The molecule has 0 unspecified atom stereocenters. The number of aromatic nitrogens is 1. The highest BCUT2D eigenvalue weighted by molar-refractivity contribution is 5.75. The molecule has 1 heterocycles. The van der Waals surface area contributed by atoms with Gasteiger partial charge in [0.05, 0.1) is 11.9 Å². The fourth-order valence-electron chi connectivity index (χ4n) is 1.87. The van der Waals surface area contributed by atoms with Crippen molar-refractivity contribution in [2.45, 2.75) is 6.42 Å². The average molecular weight is 330 g/mol. The quantitative estimate of drug-likeness (QED) is 0.401. The predicted octanol–water partition coefficient (Wildman–Crippen LogP) is 1.29. The molecule has 0 spiro atoms. The molecule has 2 amide bonds. The third kappa shape index (κ3) is 4.87. The zero-order valence-electron chi connectivity index (χ0n) is 12.7. The van der Waals surface area contributed by atoms with Crippen molar-refractivity contribution in [3.8, 4) is 11.5 Å². The van der Waals surface area contributed by atoms with Crippen molar-refractivity contribution in [2.75, 3.05) is 18.2 Å². The molecule has 8 nitrogen and oxygen atoms in total. The van der Waals surface area contributed by atoms with Crippen LogP contribution in [0.25, 0.3) is 0 Å². The van der Waals surface area contributed by atoms with E-state index in [1.165, 1.54) is 18.3 Å². The molecule has 0 fully saturated rings. The highest BCUT2D eigenvalue weighted by Crippen LogP contribution is 2.24. The summed E-state index contributed by atoms with van der Waals surface area (Å²) in [6.45, 7) is -0.0260. The van der Waals surface area contributed by atoms with Crippen molar-refractivity contribution in [1.29, 1.82) is 0 Å². The molecular weight excluding hydrogens is 314 g/mol. The van der Waals surface area contributed by atoms with Gasteiger partial charge >= 0.3 is 12.5 Å². The van der Waals surface area contributed by atoms with Gasteiger partial charge in [0.2, 0.25) is 0 Å². The van der Waals surface area contributed by atoms with E-state index >= 15 is 0 Å². The largest absolute Gasteiger partial charge is 0.504 e. The summed E-state index contributed by atoms with van der Waals surface area (Å²) in [6.07, 6.45) is 4.41. The van der Waals surface area contributed by atoms with Crippen molar-refractivity contribution in [3.05, 3.63) is 48.3 Å². The first kappa shape index (κ1) is 17.1. The Morgan fingerprint density at radius 2 is 2.12 bits per heavy atom. The molecule has 24 heavy (non-hydrogen) atoms. The van der Waals surface area contributed by atoms with Crippen LogP contribution in [-0.4, -0.2) is 41.0 Å². The van der Waals surface area contributed by atoms with Crippen molar-refractivity contribution in [1.82, 2.24) is 10.3 Å². The fourth-order valence-corrected chi connectivity index (χ4v) is 1.87. The number of hydrogen-bond acceptors (Lipinski definition) is 6. The Morgan fingerprint density at radius 3 is 2.79 bits per heavy atom. The number of amides is 2. The summed E-state index contributed by atoms with van der Waals surface area (Å²) < 4.78 is 4.93. The normalized spacial score (nSPS) is 10.0. The highest BCUT2D eigenvalue weighted by atomic mass is 16.6. The van der Waals surface area contributed by atoms with E-state index in [2.05, 4.69) is 10.3 Å². The number of carbonyl (C=O) groups excluding carboxylic acids is 2. The first-order valence-corrected chi connectivity index (χ1v) is 7.07. The number of pyridine rings is 1. The molecule has 1 aromatic heterocycles. The first-order valence-electron chi connectivity index (χ1n) is 7.07. The molecule has 125 valence electrons. The van der Waals surface area contributed by atoms with E-state index in [1.807, 2.05) is 0 Å². The van der Waals surface area contributed by atoms with Gasteiger partial charge in [0.25, 0.3) is 0 Å². The van der Waals surface area contributed by atoms with Crippen LogP contribution < -0.4 is 10.2 Å². The second kappa shape index (κ2) is 8.37. The molecule has 0 aliphatic heterocycles. The lowest BCUT2D eigenvalue weighted by Gasteiger charge is -2.16. The van der Waals surface area contributed by atoms with Crippen LogP contribution in [0, 0.1) is 0 Å². The smallest absolute Gasteiger partial charge is 0.408 e. The second-order valence-corrected chi connectivity index (χ2v) is 4.79. The number of ether oxygens (including phenoxy) is 1. The molecule has 0 aliphatic rings. The monoisotopic (exact) mass is 330 g/mol. The Kier molecular flexibility index (Phi) is 5.95. The van der Waals surface area contributed by atoms with Crippen LogP contribution in [0.5, 0.6) is 11.5 Å². The zero-order valence-corrected chi connectivity index (χ0v) is 12.7. The van der Waals surface area contributed by atoms with Crippen LogP contribution >= 0.6 is 0 Å².